The molecule has 0 saturated carbocycles. The molecule has 1 aromatic rings. The molecule has 0 amide bonds. The van der Waals surface area contributed by atoms with Crippen molar-refractivity contribution >= 4 is 21.7 Å². The largest absolute Gasteiger partial charge is 0.375 e. The smallest absolute Gasteiger partial charge is 0.261 e. The molecule has 1 rings (SSSR count). The molecule has 0 aliphatic rings. The average Bonchev–Trinajstić information content (AvgIpc) is 2.28. The van der Waals surface area contributed by atoms with Crippen molar-refractivity contribution in [2.75, 3.05) is 13.2 Å². The summed E-state index contributed by atoms with van der Waals surface area (Å²) < 4.78 is 54.3. The van der Waals surface area contributed by atoms with Crippen LogP contribution in [0.4, 0.5) is 17.6 Å². The summed E-state index contributed by atoms with van der Waals surface area (Å²) in [6.07, 6.45) is -2.91. The fourth-order valence-corrected chi connectivity index (χ4v) is 1.52. The third-order valence-corrected chi connectivity index (χ3v) is 2.64. The maximum absolute atomic E-state index is 13.3. The first-order valence-corrected chi connectivity index (χ1v) is 5.74. The second-order valence-electron chi connectivity index (χ2n) is 3.39. The number of carbonyl (C=O) groups excluding carboxylic acids is 1. The number of rotatable bonds is 6. The molecule has 0 fully saturated rings. The van der Waals surface area contributed by atoms with Crippen LogP contribution in [0.1, 0.15) is 16.8 Å². The number of benzene rings is 1. The molecular formula is C11H9BrF4O2. The Morgan fingerprint density at radius 2 is 1.94 bits per heavy atom. The van der Waals surface area contributed by atoms with Gasteiger partial charge in [-0.3, -0.25) is 4.79 Å². The van der Waals surface area contributed by atoms with Crippen molar-refractivity contribution in [3.05, 3.63) is 33.8 Å². The Bertz CT molecular complexity index is 437. The van der Waals surface area contributed by atoms with Crippen molar-refractivity contribution in [2.45, 2.75) is 12.8 Å². The van der Waals surface area contributed by atoms with Gasteiger partial charge in [0.1, 0.15) is 18.2 Å². The fraction of sp³-hybridized carbons (Fsp3) is 0.364. The molecule has 0 N–H and O–H groups in total. The predicted molar refractivity (Wildman–Crippen MR) is 59.8 cm³/mol. The Labute approximate surface area is 109 Å². The van der Waals surface area contributed by atoms with Gasteiger partial charge in [0, 0.05) is 6.42 Å². The molecule has 0 atom stereocenters. The van der Waals surface area contributed by atoms with Crippen LogP contribution in [0.2, 0.25) is 0 Å². The summed E-state index contributed by atoms with van der Waals surface area (Å²) in [4.78, 5) is 11.5. The number of ketones is 1. The molecule has 1 aromatic carbocycles. The molecule has 0 aliphatic heterocycles. The number of Topliss-reactive ketones (excluding diaryl/α,β-unsaturated/α-hetero) is 1. The summed E-state index contributed by atoms with van der Waals surface area (Å²) in [5, 5.41) is 0. The Hall–Kier alpha value is -0.950. The van der Waals surface area contributed by atoms with Crippen molar-refractivity contribution in [3.63, 3.8) is 0 Å². The Balaban J connectivity index is 2.59. The van der Waals surface area contributed by atoms with Crippen molar-refractivity contribution < 1.29 is 27.1 Å². The van der Waals surface area contributed by atoms with Crippen molar-refractivity contribution in [1.82, 2.24) is 0 Å². The van der Waals surface area contributed by atoms with E-state index in [1.54, 1.807) is 0 Å². The van der Waals surface area contributed by atoms with Crippen LogP contribution < -0.4 is 0 Å². The number of alkyl halides is 2. The van der Waals surface area contributed by atoms with E-state index in [9.17, 15) is 22.4 Å². The predicted octanol–water partition coefficient (Wildman–Crippen LogP) is 3.58. The van der Waals surface area contributed by atoms with Crippen LogP contribution in [0.15, 0.2) is 16.6 Å². The number of hydrogen-bond donors (Lipinski definition) is 0. The van der Waals surface area contributed by atoms with E-state index in [-0.39, 0.29) is 17.5 Å². The minimum Gasteiger partial charge on any atom is -0.375 e. The molecule has 7 heteroatoms. The van der Waals surface area contributed by atoms with Crippen molar-refractivity contribution in [3.8, 4) is 0 Å². The first kappa shape index (κ1) is 15.1. The SMILES string of the molecule is O=C(CCOCC(F)F)c1cc(F)c(Br)cc1F. The lowest BCUT2D eigenvalue weighted by Crippen LogP contribution is -2.11. The van der Waals surface area contributed by atoms with E-state index in [1.165, 1.54) is 0 Å². The molecule has 0 radical (unpaired) electrons. The summed E-state index contributed by atoms with van der Waals surface area (Å²) >= 11 is 2.77. The van der Waals surface area contributed by atoms with Gasteiger partial charge in [0.15, 0.2) is 5.78 Å². The third-order valence-electron chi connectivity index (χ3n) is 2.03. The van der Waals surface area contributed by atoms with Gasteiger partial charge in [-0.05, 0) is 28.1 Å². The minimum atomic E-state index is -2.62. The summed E-state index contributed by atoms with van der Waals surface area (Å²) in [5.41, 5.74) is -0.420. The maximum Gasteiger partial charge on any atom is 0.261 e. The normalized spacial score (nSPS) is 11.0. The molecular weight excluding hydrogens is 320 g/mol. The summed E-state index contributed by atoms with van der Waals surface area (Å²) in [6, 6.07) is 1.59. The number of halogens is 5. The lowest BCUT2D eigenvalue weighted by atomic mass is 10.1. The summed E-state index contributed by atoms with van der Waals surface area (Å²) in [6.45, 7) is -1.05. The van der Waals surface area contributed by atoms with E-state index in [4.69, 9.17) is 0 Å². The molecule has 0 heterocycles. The molecule has 0 aromatic heterocycles. The monoisotopic (exact) mass is 328 g/mol. The Morgan fingerprint density at radius 3 is 2.56 bits per heavy atom. The quantitative estimate of drug-likeness (QED) is 0.345. The Kier molecular flexibility index (Phi) is 5.74. The highest BCUT2D eigenvalue weighted by Crippen LogP contribution is 2.20. The molecule has 0 aliphatic carbocycles. The third kappa shape index (κ3) is 4.38. The standard InChI is InChI=1S/C11H9BrF4O2/c12-7-4-8(13)6(3-9(7)14)10(17)1-2-18-5-11(15)16/h3-4,11H,1-2,5H2. The number of ether oxygens (including phenoxy) is 1. The van der Waals surface area contributed by atoms with Crippen LogP contribution in [0.5, 0.6) is 0 Å². The van der Waals surface area contributed by atoms with Crippen LogP contribution in [-0.4, -0.2) is 25.4 Å². The molecule has 2 nitrogen and oxygen atoms in total. The van der Waals surface area contributed by atoms with Gasteiger partial charge in [-0.1, -0.05) is 0 Å². The summed E-state index contributed by atoms with van der Waals surface area (Å²) in [5.74, 6) is -2.34. The second kappa shape index (κ2) is 6.84. The number of carbonyl (C=O) groups is 1. The van der Waals surface area contributed by atoms with Gasteiger partial charge >= 0.3 is 0 Å². The zero-order chi connectivity index (χ0) is 13.7. The Morgan fingerprint density at radius 1 is 1.28 bits per heavy atom. The van der Waals surface area contributed by atoms with Crippen LogP contribution in [0.25, 0.3) is 0 Å². The molecule has 0 spiro atoms. The van der Waals surface area contributed by atoms with Gasteiger partial charge in [0.2, 0.25) is 0 Å². The van der Waals surface area contributed by atoms with Gasteiger partial charge in [0.05, 0.1) is 16.6 Å². The van der Waals surface area contributed by atoms with Gasteiger partial charge in [0.25, 0.3) is 6.43 Å². The van der Waals surface area contributed by atoms with Crippen molar-refractivity contribution in [2.24, 2.45) is 0 Å². The van der Waals surface area contributed by atoms with Gasteiger partial charge in [-0.25, -0.2) is 17.6 Å². The van der Waals surface area contributed by atoms with Crippen LogP contribution in [-0.2, 0) is 4.74 Å². The average molecular weight is 329 g/mol. The lowest BCUT2D eigenvalue weighted by Gasteiger charge is -2.05. The maximum atomic E-state index is 13.3. The minimum absolute atomic E-state index is 0.0921. The highest BCUT2D eigenvalue weighted by atomic mass is 79.9. The molecule has 18 heavy (non-hydrogen) atoms. The molecule has 0 unspecified atom stereocenters. The highest BCUT2D eigenvalue weighted by molar-refractivity contribution is 9.10. The number of hydrogen-bond acceptors (Lipinski definition) is 2. The van der Waals surface area contributed by atoms with Crippen molar-refractivity contribution in [1.29, 1.82) is 0 Å². The lowest BCUT2D eigenvalue weighted by molar-refractivity contribution is 0.0169. The summed E-state index contributed by atoms with van der Waals surface area (Å²) in [7, 11) is 0. The van der Waals surface area contributed by atoms with Gasteiger partial charge in [-0.15, -0.1) is 0 Å². The van der Waals surface area contributed by atoms with Gasteiger partial charge in [-0.2, -0.15) is 0 Å². The molecule has 100 valence electrons. The van der Waals surface area contributed by atoms with Gasteiger partial charge < -0.3 is 4.74 Å². The van der Waals surface area contributed by atoms with E-state index in [1.807, 2.05) is 0 Å². The van der Waals surface area contributed by atoms with E-state index in [0.717, 1.165) is 12.1 Å². The fourth-order valence-electron chi connectivity index (χ4n) is 1.21. The first-order chi connectivity index (χ1) is 8.41. The van der Waals surface area contributed by atoms with Crippen LogP contribution in [0.3, 0.4) is 0 Å². The van der Waals surface area contributed by atoms with E-state index < -0.39 is 36.0 Å². The van der Waals surface area contributed by atoms with Crippen LogP contribution in [0, 0.1) is 11.6 Å². The first-order valence-electron chi connectivity index (χ1n) is 4.95. The molecule has 0 bridgehead atoms. The zero-order valence-electron chi connectivity index (χ0n) is 9.06. The van der Waals surface area contributed by atoms with Crippen LogP contribution >= 0.6 is 15.9 Å². The second-order valence-corrected chi connectivity index (χ2v) is 4.24. The van der Waals surface area contributed by atoms with E-state index in [0.29, 0.717) is 0 Å². The molecule has 0 saturated heterocycles. The topological polar surface area (TPSA) is 26.3 Å². The zero-order valence-corrected chi connectivity index (χ0v) is 10.6. The van der Waals surface area contributed by atoms with E-state index >= 15 is 0 Å². The highest BCUT2D eigenvalue weighted by Gasteiger charge is 2.15. The van der Waals surface area contributed by atoms with E-state index in [2.05, 4.69) is 20.7 Å².